The minimum absolute atomic E-state index is 0.717. The van der Waals surface area contributed by atoms with Gasteiger partial charge in [-0.25, -0.2) is 4.98 Å². The third kappa shape index (κ3) is 7.77. The van der Waals surface area contributed by atoms with E-state index in [4.69, 9.17) is 4.98 Å². The van der Waals surface area contributed by atoms with E-state index >= 15 is 0 Å². The molecule has 1 saturated heterocycles. The predicted octanol–water partition coefficient (Wildman–Crippen LogP) is 12.4. The average Bonchev–Trinajstić information content (AvgIpc) is 3.90. The Kier molecular flexibility index (Phi) is 9.67. The van der Waals surface area contributed by atoms with Crippen molar-refractivity contribution in [3.63, 3.8) is 0 Å². The van der Waals surface area contributed by atoms with Gasteiger partial charge >= 0.3 is 0 Å². The van der Waals surface area contributed by atoms with Gasteiger partial charge < -0.3 is 4.90 Å². The third-order valence-corrected chi connectivity index (χ3v) is 10.8. The van der Waals surface area contributed by atoms with E-state index in [2.05, 4.69) is 78.8 Å². The van der Waals surface area contributed by atoms with Crippen molar-refractivity contribution in [3.05, 3.63) is 94.9 Å². The molecule has 2 aromatic heterocycles. The molecule has 2 aliphatic rings. The highest BCUT2D eigenvalue weighted by atomic mass is 32.1. The number of azo groups is 2. The number of anilines is 3. The molecular weight excluding hydrogens is 621 g/mol. The third-order valence-electron chi connectivity index (χ3n) is 9.01. The van der Waals surface area contributed by atoms with E-state index in [-0.39, 0.29) is 0 Å². The highest BCUT2D eigenvalue weighted by molar-refractivity contribution is 7.19. The summed E-state index contributed by atoms with van der Waals surface area (Å²) in [5.74, 6) is 0.717. The van der Waals surface area contributed by atoms with Gasteiger partial charge in [0.05, 0.1) is 33.4 Å². The van der Waals surface area contributed by atoms with Crippen molar-refractivity contribution in [2.24, 2.45) is 20.5 Å². The van der Waals surface area contributed by atoms with Gasteiger partial charge in [0.25, 0.3) is 0 Å². The summed E-state index contributed by atoms with van der Waals surface area (Å²) in [5.41, 5.74) is 15.6. The lowest BCUT2D eigenvalue weighted by molar-refractivity contribution is 0.443. The Morgan fingerprint density at radius 2 is 1.47 bits per heavy atom. The minimum Gasteiger partial charge on any atom is -0.363 e. The maximum atomic E-state index is 4.80. The lowest BCUT2D eigenvalue weighted by Crippen LogP contribution is -2.15. The Bertz CT molecular complexity index is 1860. The summed E-state index contributed by atoms with van der Waals surface area (Å²) in [6.07, 6.45) is 9.25. The summed E-state index contributed by atoms with van der Waals surface area (Å²) in [4.78, 5) is 7.22. The van der Waals surface area contributed by atoms with Crippen molar-refractivity contribution < 1.29 is 0 Å². The highest BCUT2D eigenvalue weighted by Crippen LogP contribution is 2.36. The van der Waals surface area contributed by atoms with Crippen LogP contribution in [-0.2, 0) is 0 Å². The standard InChI is InChI=1S/C37H40N8S2/c1-25-23-31(40-43-35-18-19-36(47-35)45-20-6-7-21-45)15-16-32(25)41-39-30-14-17-33(26(2)22-30)42-44-37-38-34(24-46-37)29-12-10-28(11-13-29)27-8-4-3-5-9-27/h10-19,22-24,27,42H,3-9,20-21H2,1-2H3,(H,38,44)/b41-39+,43-40+. The molecule has 3 aromatic carbocycles. The molecule has 0 atom stereocenters. The van der Waals surface area contributed by atoms with Crippen LogP contribution in [0, 0.1) is 13.8 Å². The van der Waals surface area contributed by atoms with E-state index in [0.717, 1.165) is 74.3 Å². The number of aromatic nitrogens is 1. The van der Waals surface area contributed by atoms with Crippen molar-refractivity contribution in [3.8, 4) is 11.3 Å². The molecule has 10 heteroatoms. The molecule has 2 N–H and O–H groups in total. The molecule has 0 amide bonds. The van der Waals surface area contributed by atoms with Crippen molar-refractivity contribution in [1.82, 2.24) is 4.98 Å². The van der Waals surface area contributed by atoms with E-state index in [9.17, 15) is 0 Å². The average molecular weight is 661 g/mol. The Balaban J connectivity index is 0.927. The molecule has 0 bridgehead atoms. The first kappa shape index (κ1) is 31.2. The van der Waals surface area contributed by atoms with Gasteiger partial charge in [-0.3, -0.25) is 10.9 Å². The second-order valence-electron chi connectivity index (χ2n) is 12.4. The van der Waals surface area contributed by atoms with Crippen molar-refractivity contribution >= 4 is 60.6 Å². The van der Waals surface area contributed by atoms with Crippen molar-refractivity contribution in [1.29, 1.82) is 0 Å². The lowest BCUT2D eigenvalue weighted by Gasteiger charge is -2.22. The summed E-state index contributed by atoms with van der Waals surface area (Å²) in [5, 5.41) is 23.1. The van der Waals surface area contributed by atoms with Gasteiger partial charge in [0.15, 0.2) is 0 Å². The van der Waals surface area contributed by atoms with Gasteiger partial charge in [0.1, 0.15) is 5.00 Å². The Labute approximate surface area is 284 Å². The summed E-state index contributed by atoms with van der Waals surface area (Å²) < 4.78 is 0. The first-order valence-corrected chi connectivity index (χ1v) is 18.2. The zero-order valence-electron chi connectivity index (χ0n) is 26.9. The van der Waals surface area contributed by atoms with E-state index in [1.54, 1.807) is 22.7 Å². The molecule has 5 aromatic rings. The van der Waals surface area contributed by atoms with Crippen LogP contribution in [0.15, 0.2) is 98.6 Å². The molecule has 3 heterocycles. The second kappa shape index (κ2) is 14.6. The van der Waals surface area contributed by atoms with Gasteiger partial charge in [0, 0.05) is 24.0 Å². The molecule has 0 spiro atoms. The van der Waals surface area contributed by atoms with Crippen LogP contribution in [-0.4, -0.2) is 18.1 Å². The first-order valence-electron chi connectivity index (χ1n) is 16.5. The van der Waals surface area contributed by atoms with Crippen LogP contribution in [0.3, 0.4) is 0 Å². The molecule has 47 heavy (non-hydrogen) atoms. The van der Waals surface area contributed by atoms with Crippen LogP contribution < -0.4 is 15.8 Å². The van der Waals surface area contributed by atoms with E-state index < -0.39 is 0 Å². The number of thiophene rings is 1. The van der Waals surface area contributed by atoms with Crippen LogP contribution in [0.2, 0.25) is 0 Å². The number of nitrogens with zero attached hydrogens (tertiary/aromatic N) is 6. The number of hydrazine groups is 1. The van der Waals surface area contributed by atoms with Crippen molar-refractivity contribution in [2.75, 3.05) is 28.8 Å². The van der Waals surface area contributed by atoms with Gasteiger partial charge in [-0.1, -0.05) is 54.9 Å². The fourth-order valence-electron chi connectivity index (χ4n) is 6.31. The zero-order chi connectivity index (χ0) is 32.0. The molecule has 7 rings (SSSR count). The van der Waals surface area contributed by atoms with E-state index in [1.165, 1.54) is 55.5 Å². The number of nitrogens with one attached hydrogen (secondary N) is 2. The number of aryl methyl sites for hydroxylation is 2. The molecule has 0 radical (unpaired) electrons. The predicted molar refractivity (Wildman–Crippen MR) is 197 cm³/mol. The monoisotopic (exact) mass is 660 g/mol. The normalized spacial score (nSPS) is 15.7. The SMILES string of the molecule is Cc1cc(/N=N/c2ccc(N3CCCC3)s2)ccc1/N=N/c1ccc(NNc2nc(-c3ccc(C4CCCCC4)cc3)cs2)c(C)c1. The minimum atomic E-state index is 0.717. The summed E-state index contributed by atoms with van der Waals surface area (Å²) >= 11 is 3.28. The number of benzene rings is 3. The maximum absolute atomic E-state index is 4.80. The molecule has 8 nitrogen and oxygen atoms in total. The fraction of sp³-hybridized carbons (Fsp3) is 0.324. The summed E-state index contributed by atoms with van der Waals surface area (Å²) in [7, 11) is 0. The summed E-state index contributed by atoms with van der Waals surface area (Å²) in [6, 6.07) is 25.0. The largest absolute Gasteiger partial charge is 0.363 e. The molecular formula is C37H40N8S2. The van der Waals surface area contributed by atoms with Crippen LogP contribution >= 0.6 is 22.7 Å². The van der Waals surface area contributed by atoms with Gasteiger partial charge in [0.2, 0.25) is 5.13 Å². The molecule has 1 saturated carbocycles. The van der Waals surface area contributed by atoms with Gasteiger partial charge in [-0.15, -0.1) is 21.6 Å². The molecule has 1 aliphatic heterocycles. The smallest absolute Gasteiger partial charge is 0.202 e. The molecule has 240 valence electrons. The Hall–Kier alpha value is -4.41. The second-order valence-corrected chi connectivity index (χ2v) is 14.3. The molecule has 2 fully saturated rings. The number of hydrogen-bond donors (Lipinski definition) is 2. The quantitative estimate of drug-likeness (QED) is 0.115. The van der Waals surface area contributed by atoms with E-state index in [1.807, 2.05) is 49.4 Å². The van der Waals surface area contributed by atoms with E-state index in [0.29, 0.717) is 0 Å². The van der Waals surface area contributed by atoms with Gasteiger partial charge in [-0.05, 0) is 111 Å². The number of rotatable bonds is 10. The fourth-order valence-corrected chi connectivity index (χ4v) is 7.86. The van der Waals surface area contributed by atoms with Crippen LogP contribution in [0.4, 0.5) is 37.9 Å². The van der Waals surface area contributed by atoms with Crippen LogP contribution in [0.25, 0.3) is 11.3 Å². The highest BCUT2D eigenvalue weighted by Gasteiger charge is 2.16. The van der Waals surface area contributed by atoms with Crippen molar-refractivity contribution in [2.45, 2.75) is 64.7 Å². The first-order chi connectivity index (χ1) is 23.1. The molecule has 1 aliphatic carbocycles. The number of thiazole rings is 1. The maximum Gasteiger partial charge on any atom is 0.202 e. The Morgan fingerprint density at radius 1 is 0.723 bits per heavy atom. The van der Waals surface area contributed by atoms with Crippen LogP contribution in [0.1, 0.15) is 67.6 Å². The van der Waals surface area contributed by atoms with Crippen LogP contribution in [0.5, 0.6) is 0 Å². The zero-order valence-corrected chi connectivity index (χ0v) is 28.6. The topological polar surface area (TPSA) is 89.6 Å². The summed E-state index contributed by atoms with van der Waals surface area (Å²) in [6.45, 7) is 6.34. The lowest BCUT2D eigenvalue weighted by atomic mass is 9.84. The van der Waals surface area contributed by atoms with Gasteiger partial charge in [-0.2, -0.15) is 10.2 Å². The number of hydrogen-bond acceptors (Lipinski definition) is 10. The molecule has 0 unspecified atom stereocenters. The Morgan fingerprint density at radius 3 is 2.23 bits per heavy atom.